The molecule has 2 aromatic rings. The largest absolute Gasteiger partial charge is 0.330 e. The summed E-state index contributed by atoms with van der Waals surface area (Å²) < 4.78 is 1.99. The Morgan fingerprint density at radius 3 is 3.00 bits per heavy atom. The Hall–Kier alpha value is -2.19. The van der Waals surface area contributed by atoms with E-state index in [1.54, 1.807) is 12.4 Å². The molecule has 0 unspecified atom stereocenters. The average Bonchev–Trinajstić information content (AvgIpc) is 2.78. The first-order valence-corrected chi connectivity index (χ1v) is 5.39. The maximum atomic E-state index is 8.96. The van der Waals surface area contributed by atoms with E-state index in [4.69, 9.17) is 11.0 Å². The van der Waals surface area contributed by atoms with E-state index in [-0.39, 0.29) is 0 Å². The number of nitrogens with zero attached hydrogens (tertiary/aromatic N) is 4. The van der Waals surface area contributed by atoms with Gasteiger partial charge in [0.15, 0.2) is 0 Å². The first-order valence-electron chi connectivity index (χ1n) is 5.39. The van der Waals surface area contributed by atoms with Gasteiger partial charge in [0, 0.05) is 30.6 Å². The molecule has 0 saturated carbocycles. The van der Waals surface area contributed by atoms with Crippen molar-refractivity contribution >= 4 is 0 Å². The Morgan fingerprint density at radius 2 is 2.24 bits per heavy atom. The Kier molecular flexibility index (Phi) is 3.48. The van der Waals surface area contributed by atoms with Gasteiger partial charge in [0.05, 0.1) is 6.54 Å². The Labute approximate surface area is 99.5 Å². The van der Waals surface area contributed by atoms with Crippen LogP contribution < -0.4 is 5.73 Å². The lowest BCUT2D eigenvalue weighted by Gasteiger charge is -2.07. The van der Waals surface area contributed by atoms with Crippen molar-refractivity contribution in [2.45, 2.75) is 13.0 Å². The molecular weight excluding hydrogens is 214 g/mol. The molecule has 0 aliphatic heterocycles. The van der Waals surface area contributed by atoms with Gasteiger partial charge < -0.3 is 10.3 Å². The molecule has 17 heavy (non-hydrogen) atoms. The number of hydrogen-bond acceptors (Lipinski definition) is 4. The second-order valence-corrected chi connectivity index (χ2v) is 3.63. The minimum atomic E-state index is 0.458. The van der Waals surface area contributed by atoms with Gasteiger partial charge in [-0.3, -0.25) is 0 Å². The van der Waals surface area contributed by atoms with E-state index in [1.165, 1.54) is 0 Å². The summed E-state index contributed by atoms with van der Waals surface area (Å²) in [6.07, 6.45) is 5.98. The summed E-state index contributed by atoms with van der Waals surface area (Å²) in [6, 6.07) is 5.82. The van der Waals surface area contributed by atoms with Crippen molar-refractivity contribution in [1.29, 1.82) is 5.26 Å². The summed E-state index contributed by atoms with van der Waals surface area (Å²) in [7, 11) is 0. The van der Waals surface area contributed by atoms with Gasteiger partial charge in [0.2, 0.25) is 0 Å². The number of imidazole rings is 1. The van der Waals surface area contributed by atoms with E-state index < -0.39 is 0 Å². The fourth-order valence-corrected chi connectivity index (χ4v) is 1.69. The lowest BCUT2D eigenvalue weighted by atomic mass is 10.2. The maximum Gasteiger partial charge on any atom is 0.145 e. The first-order chi connectivity index (χ1) is 8.35. The molecule has 2 aromatic heterocycles. The second kappa shape index (κ2) is 5.23. The zero-order chi connectivity index (χ0) is 12.1. The van der Waals surface area contributed by atoms with Crippen molar-refractivity contribution in [3.8, 4) is 6.07 Å². The van der Waals surface area contributed by atoms with Gasteiger partial charge in [-0.25, -0.2) is 9.97 Å². The third kappa shape index (κ3) is 2.49. The summed E-state index contributed by atoms with van der Waals surface area (Å²) in [4.78, 5) is 8.27. The quantitative estimate of drug-likeness (QED) is 0.833. The predicted molar refractivity (Wildman–Crippen MR) is 63.0 cm³/mol. The zero-order valence-corrected chi connectivity index (χ0v) is 9.37. The summed E-state index contributed by atoms with van der Waals surface area (Å²) in [5, 5.41) is 8.96. The number of aromatic nitrogens is 3. The van der Waals surface area contributed by atoms with Crippen molar-refractivity contribution in [2.24, 2.45) is 5.73 Å². The summed E-state index contributed by atoms with van der Waals surface area (Å²) >= 11 is 0. The molecule has 2 heterocycles. The van der Waals surface area contributed by atoms with Gasteiger partial charge in [0.1, 0.15) is 17.6 Å². The molecule has 0 saturated heterocycles. The van der Waals surface area contributed by atoms with Crippen LogP contribution in [0.2, 0.25) is 0 Å². The Bertz CT molecular complexity index is 538. The molecular formula is C12H13N5. The van der Waals surface area contributed by atoms with Crippen LogP contribution in [0.5, 0.6) is 0 Å². The number of pyridine rings is 1. The van der Waals surface area contributed by atoms with E-state index >= 15 is 0 Å². The SMILES string of the molecule is N#Cc1ncccc1Cn1ccnc1CCN. The molecule has 0 aromatic carbocycles. The van der Waals surface area contributed by atoms with E-state index in [2.05, 4.69) is 16.0 Å². The van der Waals surface area contributed by atoms with Crippen molar-refractivity contribution in [2.75, 3.05) is 6.54 Å². The topological polar surface area (TPSA) is 80.5 Å². The summed E-state index contributed by atoms with van der Waals surface area (Å²) in [5.41, 5.74) is 6.87. The molecule has 0 aliphatic carbocycles. The van der Waals surface area contributed by atoms with Crippen LogP contribution in [0, 0.1) is 11.3 Å². The van der Waals surface area contributed by atoms with Crippen LogP contribution in [-0.2, 0) is 13.0 Å². The molecule has 5 nitrogen and oxygen atoms in total. The van der Waals surface area contributed by atoms with E-state index in [0.717, 1.165) is 17.8 Å². The monoisotopic (exact) mass is 227 g/mol. The van der Waals surface area contributed by atoms with Crippen LogP contribution in [-0.4, -0.2) is 21.1 Å². The average molecular weight is 227 g/mol. The number of nitrogens with two attached hydrogens (primary N) is 1. The Balaban J connectivity index is 2.26. The summed E-state index contributed by atoms with van der Waals surface area (Å²) in [6.45, 7) is 1.17. The van der Waals surface area contributed by atoms with Gasteiger partial charge in [-0.05, 0) is 12.6 Å². The predicted octanol–water partition coefficient (Wildman–Crippen LogP) is 0.699. The molecule has 0 bridgehead atoms. The molecule has 86 valence electrons. The van der Waals surface area contributed by atoms with Crippen molar-refractivity contribution < 1.29 is 0 Å². The fraction of sp³-hybridized carbons (Fsp3) is 0.250. The Morgan fingerprint density at radius 1 is 1.35 bits per heavy atom. The molecule has 0 spiro atoms. The molecule has 0 atom stereocenters. The van der Waals surface area contributed by atoms with Crippen LogP contribution in [0.4, 0.5) is 0 Å². The lowest BCUT2D eigenvalue weighted by molar-refractivity contribution is 0.713. The highest BCUT2D eigenvalue weighted by atomic mass is 15.1. The van der Waals surface area contributed by atoms with Crippen LogP contribution in [0.3, 0.4) is 0 Å². The van der Waals surface area contributed by atoms with Gasteiger partial charge >= 0.3 is 0 Å². The molecule has 0 fully saturated rings. The van der Waals surface area contributed by atoms with Gasteiger partial charge in [-0.15, -0.1) is 0 Å². The zero-order valence-electron chi connectivity index (χ0n) is 9.37. The minimum absolute atomic E-state index is 0.458. The van der Waals surface area contributed by atoms with E-state index in [1.807, 2.05) is 22.9 Å². The molecule has 2 rings (SSSR count). The van der Waals surface area contributed by atoms with Crippen LogP contribution in [0.15, 0.2) is 30.7 Å². The maximum absolute atomic E-state index is 8.96. The van der Waals surface area contributed by atoms with E-state index in [0.29, 0.717) is 18.8 Å². The second-order valence-electron chi connectivity index (χ2n) is 3.63. The van der Waals surface area contributed by atoms with Gasteiger partial charge in [0.25, 0.3) is 0 Å². The van der Waals surface area contributed by atoms with E-state index in [9.17, 15) is 0 Å². The van der Waals surface area contributed by atoms with Crippen LogP contribution in [0.25, 0.3) is 0 Å². The molecule has 0 aliphatic rings. The lowest BCUT2D eigenvalue weighted by Crippen LogP contribution is -2.11. The number of hydrogen-bond donors (Lipinski definition) is 1. The summed E-state index contributed by atoms with van der Waals surface area (Å²) in [5.74, 6) is 0.931. The molecule has 0 radical (unpaired) electrons. The minimum Gasteiger partial charge on any atom is -0.330 e. The third-order valence-electron chi connectivity index (χ3n) is 2.51. The van der Waals surface area contributed by atoms with Gasteiger partial charge in [-0.1, -0.05) is 6.07 Å². The van der Waals surface area contributed by atoms with Crippen LogP contribution >= 0.6 is 0 Å². The molecule has 0 amide bonds. The third-order valence-corrected chi connectivity index (χ3v) is 2.51. The van der Waals surface area contributed by atoms with Crippen molar-refractivity contribution in [3.63, 3.8) is 0 Å². The van der Waals surface area contributed by atoms with Gasteiger partial charge in [-0.2, -0.15) is 5.26 Å². The standard InChI is InChI=1S/C12H13N5/c13-4-3-12-16-6-7-17(12)9-10-2-1-5-15-11(10)8-14/h1-2,5-7H,3-4,9,13H2. The highest BCUT2D eigenvalue weighted by Gasteiger charge is 2.06. The fourth-order valence-electron chi connectivity index (χ4n) is 1.69. The molecule has 5 heteroatoms. The number of nitriles is 1. The smallest absolute Gasteiger partial charge is 0.145 e. The highest BCUT2D eigenvalue weighted by molar-refractivity contribution is 5.30. The number of rotatable bonds is 4. The van der Waals surface area contributed by atoms with Crippen molar-refractivity contribution in [1.82, 2.24) is 14.5 Å². The normalized spacial score (nSPS) is 10.1. The first kappa shape index (κ1) is 11.3. The molecule has 2 N–H and O–H groups in total. The highest BCUT2D eigenvalue weighted by Crippen LogP contribution is 2.08. The van der Waals surface area contributed by atoms with Crippen molar-refractivity contribution in [3.05, 3.63) is 47.8 Å². The van der Waals surface area contributed by atoms with Crippen LogP contribution in [0.1, 0.15) is 17.1 Å².